The van der Waals surface area contributed by atoms with E-state index < -0.39 is 0 Å². The van der Waals surface area contributed by atoms with E-state index in [0.717, 1.165) is 31.2 Å². The normalized spacial score (nSPS) is 12.2. The van der Waals surface area contributed by atoms with Gasteiger partial charge < -0.3 is 20.1 Å². The molecule has 1 aromatic carbocycles. The highest BCUT2D eigenvalue weighted by Gasteiger charge is 2.15. The van der Waals surface area contributed by atoms with Crippen molar-refractivity contribution in [1.29, 1.82) is 0 Å². The summed E-state index contributed by atoms with van der Waals surface area (Å²) in [5.74, 6) is 1.74. The first-order valence-corrected chi connectivity index (χ1v) is 8.12. The molecule has 1 rings (SSSR count). The maximum Gasteiger partial charge on any atom is 0.191 e. The Hall–Kier alpha value is -1.75. The predicted octanol–water partition coefficient (Wildman–Crippen LogP) is 2.53. The Morgan fingerprint density at radius 2 is 1.96 bits per heavy atom. The van der Waals surface area contributed by atoms with Crippen molar-refractivity contribution in [2.24, 2.45) is 4.99 Å². The van der Waals surface area contributed by atoms with E-state index in [1.807, 2.05) is 19.9 Å². The number of nitrogens with one attached hydrogen (secondary N) is 2. The minimum absolute atomic E-state index is 0.262. The molecule has 0 saturated heterocycles. The van der Waals surface area contributed by atoms with Gasteiger partial charge >= 0.3 is 0 Å². The van der Waals surface area contributed by atoms with Crippen molar-refractivity contribution in [3.05, 3.63) is 29.3 Å². The molecule has 0 aliphatic rings. The smallest absolute Gasteiger partial charge is 0.191 e. The molecule has 1 aromatic rings. The van der Waals surface area contributed by atoms with Crippen LogP contribution in [0, 0.1) is 6.92 Å². The van der Waals surface area contributed by atoms with Gasteiger partial charge in [0.05, 0.1) is 19.3 Å². The fourth-order valence-corrected chi connectivity index (χ4v) is 2.09. The molecule has 0 amide bonds. The van der Waals surface area contributed by atoms with Crippen LogP contribution in [0.25, 0.3) is 0 Å². The fraction of sp³-hybridized carbons (Fsp3) is 0.611. The van der Waals surface area contributed by atoms with Crippen molar-refractivity contribution in [3.63, 3.8) is 0 Å². The first-order valence-electron chi connectivity index (χ1n) is 8.12. The number of hydrogen-bond donors (Lipinski definition) is 2. The number of aryl methyl sites for hydroxylation is 1. The lowest BCUT2D eigenvalue weighted by Crippen LogP contribution is -2.40. The number of aliphatic imine (C=N–C) groups is 1. The number of rotatable bonds is 8. The lowest BCUT2D eigenvalue weighted by atomic mass is 10.1. The summed E-state index contributed by atoms with van der Waals surface area (Å²) in [5.41, 5.74) is 2.18. The Kier molecular flexibility index (Phi) is 7.89. The van der Waals surface area contributed by atoms with Gasteiger partial charge in [0.25, 0.3) is 0 Å². The van der Waals surface area contributed by atoms with Gasteiger partial charge in [-0.25, -0.2) is 0 Å². The quantitative estimate of drug-likeness (QED) is 0.571. The van der Waals surface area contributed by atoms with Gasteiger partial charge in [0, 0.05) is 20.2 Å². The summed E-state index contributed by atoms with van der Waals surface area (Å²) in [5, 5.41) is 6.62. The molecule has 0 heterocycles. The van der Waals surface area contributed by atoms with Gasteiger partial charge in [0.15, 0.2) is 5.96 Å². The monoisotopic (exact) mass is 321 g/mol. The second-order valence-corrected chi connectivity index (χ2v) is 6.15. The van der Waals surface area contributed by atoms with Crippen molar-refractivity contribution in [3.8, 4) is 5.75 Å². The molecule has 0 saturated carbocycles. The van der Waals surface area contributed by atoms with E-state index in [-0.39, 0.29) is 5.60 Å². The third-order valence-corrected chi connectivity index (χ3v) is 3.64. The Bertz CT molecular complexity index is 513. The average Bonchev–Trinajstić information content (AvgIpc) is 2.53. The van der Waals surface area contributed by atoms with Crippen LogP contribution in [0.15, 0.2) is 23.2 Å². The third-order valence-electron chi connectivity index (χ3n) is 3.64. The van der Waals surface area contributed by atoms with Gasteiger partial charge in [-0.1, -0.05) is 17.7 Å². The molecule has 0 aliphatic carbocycles. The van der Waals surface area contributed by atoms with Gasteiger partial charge in [0.1, 0.15) is 5.75 Å². The van der Waals surface area contributed by atoms with Crippen LogP contribution in [-0.2, 0) is 11.2 Å². The van der Waals surface area contributed by atoms with Crippen LogP contribution in [0.1, 0.15) is 31.9 Å². The van der Waals surface area contributed by atoms with E-state index >= 15 is 0 Å². The van der Waals surface area contributed by atoms with Crippen molar-refractivity contribution in [2.45, 2.75) is 39.7 Å². The van der Waals surface area contributed by atoms with Crippen molar-refractivity contribution in [2.75, 3.05) is 33.9 Å². The van der Waals surface area contributed by atoms with E-state index in [9.17, 15) is 0 Å². The summed E-state index contributed by atoms with van der Waals surface area (Å²) in [7, 11) is 3.42. The molecular formula is C18H31N3O2. The van der Waals surface area contributed by atoms with Crippen molar-refractivity contribution < 1.29 is 9.47 Å². The minimum Gasteiger partial charge on any atom is -0.496 e. The lowest BCUT2D eigenvalue weighted by molar-refractivity contribution is 0.0310. The maximum absolute atomic E-state index is 5.42. The molecule has 0 fully saturated rings. The van der Waals surface area contributed by atoms with E-state index in [1.165, 1.54) is 11.1 Å². The summed E-state index contributed by atoms with van der Waals surface area (Å²) in [6.45, 7) is 10.4. The largest absolute Gasteiger partial charge is 0.496 e. The number of ether oxygens (including phenoxy) is 2. The predicted molar refractivity (Wildman–Crippen MR) is 96.5 cm³/mol. The highest BCUT2D eigenvalue weighted by atomic mass is 16.5. The molecule has 130 valence electrons. The molecule has 0 bridgehead atoms. The number of guanidine groups is 1. The van der Waals surface area contributed by atoms with E-state index in [1.54, 1.807) is 14.2 Å². The fourth-order valence-electron chi connectivity index (χ4n) is 2.09. The Balaban J connectivity index is 2.62. The highest BCUT2D eigenvalue weighted by Crippen LogP contribution is 2.19. The zero-order valence-corrected chi connectivity index (χ0v) is 15.3. The van der Waals surface area contributed by atoms with Crippen molar-refractivity contribution in [1.82, 2.24) is 10.6 Å². The molecule has 0 atom stereocenters. The molecule has 2 N–H and O–H groups in total. The van der Waals surface area contributed by atoms with Gasteiger partial charge in [0.2, 0.25) is 0 Å². The van der Waals surface area contributed by atoms with E-state index in [4.69, 9.17) is 9.47 Å². The van der Waals surface area contributed by atoms with Crippen LogP contribution in [0.5, 0.6) is 5.75 Å². The summed E-state index contributed by atoms with van der Waals surface area (Å²) >= 11 is 0. The molecule has 0 spiro atoms. The molecule has 0 aliphatic heterocycles. The first kappa shape index (κ1) is 19.3. The Labute approximate surface area is 140 Å². The van der Waals surface area contributed by atoms with Crippen LogP contribution in [0.3, 0.4) is 0 Å². The Morgan fingerprint density at radius 3 is 2.57 bits per heavy atom. The summed E-state index contributed by atoms with van der Waals surface area (Å²) in [6.07, 6.45) is 0.878. The molecule has 0 unspecified atom stereocenters. The van der Waals surface area contributed by atoms with Crippen LogP contribution >= 0.6 is 0 Å². The maximum atomic E-state index is 5.42. The summed E-state index contributed by atoms with van der Waals surface area (Å²) in [4.78, 5) is 4.59. The van der Waals surface area contributed by atoms with Gasteiger partial charge in [-0.15, -0.1) is 0 Å². The third kappa shape index (κ3) is 6.91. The second-order valence-electron chi connectivity index (χ2n) is 6.15. The zero-order valence-electron chi connectivity index (χ0n) is 15.3. The second kappa shape index (κ2) is 9.40. The standard InChI is InChI=1S/C18H31N3O2/c1-7-19-17(21-13-18(3,4)23-6)20-11-10-15-12-14(2)8-9-16(15)22-5/h8-9,12H,7,10-11,13H2,1-6H3,(H2,19,20,21). The number of hydrogen-bond acceptors (Lipinski definition) is 3. The molecule has 5 heteroatoms. The molecule has 0 radical (unpaired) electrons. The zero-order chi connectivity index (χ0) is 17.3. The average molecular weight is 321 g/mol. The van der Waals surface area contributed by atoms with Gasteiger partial charge in [-0.05, 0) is 45.7 Å². The minimum atomic E-state index is -0.262. The molecule has 23 heavy (non-hydrogen) atoms. The molecule has 0 aromatic heterocycles. The lowest BCUT2D eigenvalue weighted by Gasteiger charge is -2.21. The molecular weight excluding hydrogens is 290 g/mol. The van der Waals surface area contributed by atoms with Gasteiger partial charge in [-0.3, -0.25) is 4.99 Å². The SMILES string of the molecule is CCNC(=NCC(C)(C)OC)NCCc1cc(C)ccc1OC. The Morgan fingerprint density at radius 1 is 1.22 bits per heavy atom. The first-order chi connectivity index (χ1) is 10.9. The van der Waals surface area contributed by atoms with Gasteiger partial charge in [-0.2, -0.15) is 0 Å². The summed E-state index contributed by atoms with van der Waals surface area (Å²) in [6, 6.07) is 6.25. The van der Waals surface area contributed by atoms with Crippen LogP contribution < -0.4 is 15.4 Å². The summed E-state index contributed by atoms with van der Waals surface area (Å²) < 4.78 is 10.8. The van der Waals surface area contributed by atoms with E-state index in [2.05, 4.69) is 41.6 Å². The van der Waals surface area contributed by atoms with Crippen LogP contribution in [0.2, 0.25) is 0 Å². The highest BCUT2D eigenvalue weighted by molar-refractivity contribution is 5.79. The topological polar surface area (TPSA) is 54.9 Å². The number of methoxy groups -OCH3 is 2. The van der Waals surface area contributed by atoms with Crippen LogP contribution in [0.4, 0.5) is 0 Å². The van der Waals surface area contributed by atoms with Crippen LogP contribution in [-0.4, -0.2) is 45.4 Å². The number of nitrogens with zero attached hydrogens (tertiary/aromatic N) is 1. The van der Waals surface area contributed by atoms with E-state index in [0.29, 0.717) is 6.54 Å². The van der Waals surface area contributed by atoms with Crippen molar-refractivity contribution >= 4 is 5.96 Å². The number of benzene rings is 1. The molecule has 5 nitrogen and oxygen atoms in total.